The van der Waals surface area contributed by atoms with Gasteiger partial charge in [-0.15, -0.1) is 0 Å². The van der Waals surface area contributed by atoms with Gasteiger partial charge in [0.2, 0.25) is 5.91 Å². The number of methoxy groups -OCH3 is 1. The van der Waals surface area contributed by atoms with E-state index in [1.165, 1.54) is 0 Å². The first kappa shape index (κ1) is 15.5. The first-order chi connectivity index (χ1) is 11.2. The maximum Gasteiger partial charge on any atom is 0.226 e. The van der Waals surface area contributed by atoms with Crippen LogP contribution in [0.5, 0.6) is 5.75 Å². The minimum Gasteiger partial charge on any atom is -0.495 e. The molecule has 0 spiro atoms. The van der Waals surface area contributed by atoms with Gasteiger partial charge in [0.25, 0.3) is 0 Å². The van der Waals surface area contributed by atoms with Gasteiger partial charge in [-0.3, -0.25) is 9.78 Å². The molecule has 1 amide bonds. The van der Waals surface area contributed by atoms with Crippen LogP contribution in [0.2, 0.25) is 0 Å². The second-order valence-corrected chi connectivity index (χ2v) is 5.84. The van der Waals surface area contributed by atoms with Crippen molar-refractivity contribution in [2.24, 2.45) is 5.92 Å². The first-order valence-corrected chi connectivity index (χ1v) is 7.59. The van der Waals surface area contributed by atoms with Crippen molar-refractivity contribution in [1.82, 2.24) is 20.3 Å². The first-order valence-electron chi connectivity index (χ1n) is 7.59. The van der Waals surface area contributed by atoms with Crippen LogP contribution >= 0.6 is 0 Å². The molecule has 23 heavy (non-hydrogen) atoms. The van der Waals surface area contributed by atoms with E-state index in [1.807, 2.05) is 6.07 Å². The number of nitrogens with zero attached hydrogens (tertiary/aromatic N) is 2. The molecule has 1 atom stereocenters. The summed E-state index contributed by atoms with van der Waals surface area (Å²) in [6.45, 7) is 0. The highest BCUT2D eigenvalue weighted by Crippen LogP contribution is 2.38. The second kappa shape index (κ2) is 6.78. The third-order valence-electron chi connectivity index (χ3n) is 4.17. The Hall–Kier alpha value is -2.41. The number of carbonyl (C=O) groups excluding carboxylic acids is 1. The van der Waals surface area contributed by atoms with Crippen LogP contribution in [0.3, 0.4) is 0 Å². The zero-order chi connectivity index (χ0) is 16.2. The van der Waals surface area contributed by atoms with Crippen molar-refractivity contribution in [3.05, 3.63) is 42.2 Å². The van der Waals surface area contributed by atoms with E-state index in [4.69, 9.17) is 4.74 Å². The van der Waals surface area contributed by atoms with Crippen molar-refractivity contribution in [3.8, 4) is 5.75 Å². The number of imidazole rings is 1. The summed E-state index contributed by atoms with van der Waals surface area (Å²) in [7, 11) is 1.58. The molecule has 1 saturated carbocycles. The van der Waals surface area contributed by atoms with Crippen molar-refractivity contribution in [2.75, 3.05) is 7.11 Å². The van der Waals surface area contributed by atoms with Gasteiger partial charge in [0.05, 0.1) is 38.2 Å². The highest BCUT2D eigenvalue weighted by atomic mass is 16.5. The Kier molecular flexibility index (Phi) is 4.57. The number of hydrogen-bond acceptors (Lipinski definition) is 5. The maximum atomic E-state index is 12.3. The molecule has 0 bridgehead atoms. The highest BCUT2D eigenvalue weighted by Gasteiger charge is 2.36. The number of aliphatic hydroxyl groups is 1. The minimum absolute atomic E-state index is 0.0940. The molecule has 0 unspecified atom stereocenters. The fourth-order valence-corrected chi connectivity index (χ4v) is 2.87. The summed E-state index contributed by atoms with van der Waals surface area (Å²) in [4.78, 5) is 23.3. The summed E-state index contributed by atoms with van der Waals surface area (Å²) < 4.78 is 5.21. The van der Waals surface area contributed by atoms with Crippen LogP contribution in [0, 0.1) is 5.92 Å². The van der Waals surface area contributed by atoms with E-state index in [-0.39, 0.29) is 30.4 Å². The molecule has 7 nitrogen and oxygen atoms in total. The molecule has 3 rings (SSSR count). The number of hydrogen-bond donors (Lipinski definition) is 3. The third-order valence-corrected chi connectivity index (χ3v) is 4.17. The molecule has 3 N–H and O–H groups in total. The quantitative estimate of drug-likeness (QED) is 0.738. The van der Waals surface area contributed by atoms with Crippen molar-refractivity contribution < 1.29 is 14.6 Å². The van der Waals surface area contributed by atoms with Crippen LogP contribution in [0.15, 0.2) is 31.0 Å². The Balaban J connectivity index is 1.74. The highest BCUT2D eigenvalue weighted by molar-refractivity contribution is 5.78. The van der Waals surface area contributed by atoms with Gasteiger partial charge in [-0.2, -0.15) is 0 Å². The number of ether oxygens (including phenoxy) is 1. The van der Waals surface area contributed by atoms with E-state index in [2.05, 4.69) is 20.3 Å². The molecule has 0 radical (unpaired) electrons. The lowest BCUT2D eigenvalue weighted by molar-refractivity contribution is -0.122. The van der Waals surface area contributed by atoms with Crippen LogP contribution in [-0.4, -0.2) is 39.2 Å². The molecule has 2 aromatic heterocycles. The molecule has 1 aliphatic carbocycles. The van der Waals surface area contributed by atoms with Gasteiger partial charge in [-0.05, 0) is 30.4 Å². The Morgan fingerprint density at radius 2 is 2.26 bits per heavy atom. The van der Waals surface area contributed by atoms with Crippen LogP contribution in [-0.2, 0) is 11.2 Å². The Morgan fingerprint density at radius 3 is 2.91 bits per heavy atom. The number of carbonyl (C=O) groups is 1. The SMILES string of the molecule is COc1cncc([C@@H](NC(=O)Cc2cnc[nH]2)C2CC(O)C2)c1. The van der Waals surface area contributed by atoms with Gasteiger partial charge in [0, 0.05) is 18.1 Å². The van der Waals surface area contributed by atoms with Gasteiger partial charge >= 0.3 is 0 Å². The minimum atomic E-state index is -0.287. The standard InChI is InChI=1S/C16H20N4O3/c1-23-14-4-11(6-17-8-14)16(10-2-13(21)3-10)20-15(22)5-12-7-18-9-19-12/h4,6-10,13,16,21H,2-3,5H2,1H3,(H,18,19)(H,20,22)/t10?,13?,16-/m0/s1. The summed E-state index contributed by atoms with van der Waals surface area (Å²) in [5.74, 6) is 0.753. The van der Waals surface area contributed by atoms with Gasteiger partial charge in [-0.25, -0.2) is 4.98 Å². The van der Waals surface area contributed by atoms with E-state index in [0.717, 1.165) is 11.3 Å². The van der Waals surface area contributed by atoms with E-state index < -0.39 is 0 Å². The Bertz CT molecular complexity index is 653. The number of H-pyrrole nitrogens is 1. The molecule has 0 saturated heterocycles. The number of nitrogens with one attached hydrogen (secondary N) is 2. The van der Waals surface area contributed by atoms with Gasteiger partial charge in [0.1, 0.15) is 5.75 Å². The van der Waals surface area contributed by atoms with Crippen LogP contribution in [0.25, 0.3) is 0 Å². The normalized spacial score (nSPS) is 21.3. The predicted molar refractivity (Wildman–Crippen MR) is 82.7 cm³/mol. The predicted octanol–water partition coefficient (Wildman–Crippen LogP) is 0.984. The van der Waals surface area contributed by atoms with Gasteiger partial charge in [0.15, 0.2) is 0 Å². The summed E-state index contributed by atoms with van der Waals surface area (Å²) in [6, 6.07) is 1.69. The van der Waals surface area contributed by atoms with Gasteiger partial charge in [-0.1, -0.05) is 0 Å². The van der Waals surface area contributed by atoms with Crippen molar-refractivity contribution in [3.63, 3.8) is 0 Å². The number of rotatable bonds is 6. The van der Waals surface area contributed by atoms with E-state index in [0.29, 0.717) is 18.6 Å². The third kappa shape index (κ3) is 3.68. The Labute approximate surface area is 134 Å². The fraction of sp³-hybridized carbons (Fsp3) is 0.438. The summed E-state index contributed by atoms with van der Waals surface area (Å²) >= 11 is 0. The molecular weight excluding hydrogens is 296 g/mol. The molecule has 0 aliphatic heterocycles. The van der Waals surface area contributed by atoms with Crippen molar-refractivity contribution >= 4 is 5.91 Å². The zero-order valence-electron chi connectivity index (χ0n) is 12.9. The summed E-state index contributed by atoms with van der Waals surface area (Å²) in [5.41, 5.74) is 1.65. The number of aromatic amines is 1. The molecule has 122 valence electrons. The average molecular weight is 316 g/mol. The number of aromatic nitrogens is 3. The van der Waals surface area contributed by atoms with E-state index in [9.17, 15) is 9.90 Å². The monoisotopic (exact) mass is 316 g/mol. The number of aliphatic hydroxyl groups excluding tert-OH is 1. The smallest absolute Gasteiger partial charge is 0.226 e. The van der Waals surface area contributed by atoms with Gasteiger partial charge < -0.3 is 20.1 Å². The molecule has 1 fully saturated rings. The lowest BCUT2D eigenvalue weighted by Gasteiger charge is -2.38. The maximum absolute atomic E-state index is 12.3. The molecule has 1 aliphatic rings. The molecule has 0 aromatic carbocycles. The van der Waals surface area contributed by atoms with E-state index in [1.54, 1.807) is 32.0 Å². The largest absolute Gasteiger partial charge is 0.495 e. The lowest BCUT2D eigenvalue weighted by Crippen LogP contribution is -2.42. The second-order valence-electron chi connectivity index (χ2n) is 5.84. The topological polar surface area (TPSA) is 100 Å². The summed E-state index contributed by atoms with van der Waals surface area (Å²) in [6.07, 6.45) is 7.84. The summed E-state index contributed by atoms with van der Waals surface area (Å²) in [5, 5.41) is 12.6. The van der Waals surface area contributed by atoms with E-state index >= 15 is 0 Å². The zero-order valence-corrected chi connectivity index (χ0v) is 12.9. The number of pyridine rings is 1. The Morgan fingerprint density at radius 1 is 1.43 bits per heavy atom. The van der Waals surface area contributed by atoms with Crippen LogP contribution in [0.4, 0.5) is 0 Å². The average Bonchev–Trinajstić information content (AvgIpc) is 3.03. The fourth-order valence-electron chi connectivity index (χ4n) is 2.87. The lowest BCUT2D eigenvalue weighted by atomic mass is 9.75. The molecular formula is C16H20N4O3. The van der Waals surface area contributed by atoms with Crippen molar-refractivity contribution in [2.45, 2.75) is 31.4 Å². The van der Waals surface area contributed by atoms with Crippen LogP contribution < -0.4 is 10.1 Å². The molecule has 2 heterocycles. The molecule has 7 heteroatoms. The van der Waals surface area contributed by atoms with Crippen LogP contribution in [0.1, 0.15) is 30.1 Å². The number of amides is 1. The molecule has 2 aromatic rings. The van der Waals surface area contributed by atoms with Crippen molar-refractivity contribution in [1.29, 1.82) is 0 Å².